The van der Waals surface area contributed by atoms with Crippen molar-refractivity contribution in [1.29, 1.82) is 0 Å². The molecule has 0 aromatic rings. The van der Waals surface area contributed by atoms with E-state index in [1.165, 1.54) is 6.08 Å². The van der Waals surface area contributed by atoms with Crippen LogP contribution in [0.5, 0.6) is 0 Å². The summed E-state index contributed by atoms with van der Waals surface area (Å²) in [5.74, 6) is 0. The number of hydrogen-bond donors (Lipinski definition) is 1. The molecule has 1 atom stereocenters. The fourth-order valence-electron chi connectivity index (χ4n) is 1.06. The van der Waals surface area contributed by atoms with Crippen molar-refractivity contribution in [3.63, 3.8) is 0 Å². The highest BCUT2D eigenvalue weighted by Crippen LogP contribution is 2.07. The lowest BCUT2D eigenvalue weighted by atomic mass is 10.3. The van der Waals surface area contributed by atoms with Gasteiger partial charge in [0.1, 0.15) is 6.29 Å². The van der Waals surface area contributed by atoms with Gasteiger partial charge in [0.25, 0.3) is 0 Å². The van der Waals surface area contributed by atoms with Crippen molar-refractivity contribution in [3.05, 3.63) is 12.3 Å². The van der Waals surface area contributed by atoms with Crippen LogP contribution in [0.1, 0.15) is 6.42 Å². The highest BCUT2D eigenvalue weighted by molar-refractivity contribution is 5.64. The number of nitrogens with zero attached hydrogens (tertiary/aromatic N) is 1. The van der Waals surface area contributed by atoms with Gasteiger partial charge < -0.3 is 10.0 Å². The summed E-state index contributed by atoms with van der Waals surface area (Å²) in [6.45, 7) is 1.51. The molecule has 1 fully saturated rings. The number of aliphatic hydroxyl groups is 1. The standard InChI is InChI=1S/C7H11NO2/c9-5-1-3-8-4-2-7(10)6-8/h1,3,5,7,10H,2,4,6H2/t7-/m0/s1. The molecular formula is C7H11NO2. The molecule has 3 nitrogen and oxygen atoms in total. The fraction of sp³-hybridized carbons (Fsp3) is 0.571. The molecule has 0 aromatic carbocycles. The van der Waals surface area contributed by atoms with Crippen molar-refractivity contribution in [2.24, 2.45) is 0 Å². The first-order chi connectivity index (χ1) is 4.83. The molecule has 10 heavy (non-hydrogen) atoms. The van der Waals surface area contributed by atoms with Crippen LogP contribution in [-0.4, -0.2) is 35.5 Å². The summed E-state index contributed by atoms with van der Waals surface area (Å²) in [5.41, 5.74) is 0. The number of β-amino-alcohol motifs (C(OH)–C–C–N with tert-alkyl or cyclic N) is 1. The average Bonchev–Trinajstić information content (AvgIpc) is 2.31. The van der Waals surface area contributed by atoms with E-state index < -0.39 is 0 Å². The molecular weight excluding hydrogens is 130 g/mol. The Bertz CT molecular complexity index is 145. The van der Waals surface area contributed by atoms with Gasteiger partial charge in [-0.1, -0.05) is 0 Å². The van der Waals surface area contributed by atoms with E-state index in [-0.39, 0.29) is 6.10 Å². The van der Waals surface area contributed by atoms with Crippen LogP contribution in [0.15, 0.2) is 12.3 Å². The average molecular weight is 141 g/mol. The Morgan fingerprint density at radius 1 is 1.60 bits per heavy atom. The first kappa shape index (κ1) is 7.28. The topological polar surface area (TPSA) is 40.5 Å². The number of allylic oxidation sites excluding steroid dienone is 1. The molecule has 1 heterocycles. The van der Waals surface area contributed by atoms with E-state index in [1.807, 2.05) is 4.90 Å². The molecule has 0 spiro atoms. The summed E-state index contributed by atoms with van der Waals surface area (Å²) in [5, 5.41) is 9.04. The Labute approximate surface area is 59.9 Å². The lowest BCUT2D eigenvalue weighted by molar-refractivity contribution is -0.104. The van der Waals surface area contributed by atoms with E-state index in [4.69, 9.17) is 5.11 Å². The monoisotopic (exact) mass is 141 g/mol. The van der Waals surface area contributed by atoms with Crippen LogP contribution in [0.2, 0.25) is 0 Å². The zero-order valence-corrected chi connectivity index (χ0v) is 5.73. The van der Waals surface area contributed by atoms with Crippen molar-refractivity contribution in [1.82, 2.24) is 4.90 Å². The van der Waals surface area contributed by atoms with Crippen LogP contribution in [0.25, 0.3) is 0 Å². The van der Waals surface area contributed by atoms with Crippen molar-refractivity contribution in [2.75, 3.05) is 13.1 Å². The third-order valence-corrected chi connectivity index (χ3v) is 1.57. The first-order valence-corrected chi connectivity index (χ1v) is 3.37. The van der Waals surface area contributed by atoms with Gasteiger partial charge >= 0.3 is 0 Å². The zero-order chi connectivity index (χ0) is 7.40. The van der Waals surface area contributed by atoms with Gasteiger partial charge in [-0.25, -0.2) is 0 Å². The lowest BCUT2D eigenvalue weighted by Crippen LogP contribution is -2.15. The van der Waals surface area contributed by atoms with Crippen LogP contribution >= 0.6 is 0 Å². The molecule has 0 radical (unpaired) electrons. The summed E-state index contributed by atoms with van der Waals surface area (Å²) in [4.78, 5) is 11.8. The number of aliphatic hydroxyl groups excluding tert-OH is 1. The normalized spacial score (nSPS) is 26.1. The van der Waals surface area contributed by atoms with E-state index in [1.54, 1.807) is 6.20 Å². The summed E-state index contributed by atoms with van der Waals surface area (Å²) >= 11 is 0. The maximum atomic E-state index is 9.87. The van der Waals surface area contributed by atoms with E-state index in [9.17, 15) is 4.79 Å². The number of aldehydes is 1. The third kappa shape index (κ3) is 1.84. The minimum absolute atomic E-state index is 0.212. The highest BCUT2D eigenvalue weighted by atomic mass is 16.3. The largest absolute Gasteiger partial charge is 0.391 e. The predicted octanol–water partition coefficient (Wildman–Crippen LogP) is -0.234. The van der Waals surface area contributed by atoms with E-state index >= 15 is 0 Å². The molecule has 1 N–H and O–H groups in total. The Hall–Kier alpha value is -0.830. The van der Waals surface area contributed by atoms with Crippen molar-refractivity contribution in [2.45, 2.75) is 12.5 Å². The molecule has 1 saturated heterocycles. The smallest absolute Gasteiger partial charge is 0.144 e. The molecule has 0 aliphatic carbocycles. The van der Waals surface area contributed by atoms with Crippen LogP contribution in [0.4, 0.5) is 0 Å². The molecule has 1 aliphatic heterocycles. The van der Waals surface area contributed by atoms with Crippen LogP contribution in [0, 0.1) is 0 Å². The number of rotatable bonds is 2. The van der Waals surface area contributed by atoms with Gasteiger partial charge in [0.2, 0.25) is 0 Å². The van der Waals surface area contributed by atoms with Gasteiger partial charge in [-0.05, 0) is 12.5 Å². The summed E-state index contributed by atoms with van der Waals surface area (Å²) in [7, 11) is 0. The van der Waals surface area contributed by atoms with Gasteiger partial charge in [-0.2, -0.15) is 0 Å². The number of hydrogen-bond acceptors (Lipinski definition) is 3. The third-order valence-electron chi connectivity index (χ3n) is 1.57. The van der Waals surface area contributed by atoms with Crippen molar-refractivity contribution < 1.29 is 9.90 Å². The molecule has 56 valence electrons. The van der Waals surface area contributed by atoms with Crippen LogP contribution in [0.3, 0.4) is 0 Å². The Kier molecular flexibility index (Phi) is 2.45. The quantitative estimate of drug-likeness (QED) is 0.426. The van der Waals surface area contributed by atoms with E-state index in [2.05, 4.69) is 0 Å². The van der Waals surface area contributed by atoms with Crippen LogP contribution < -0.4 is 0 Å². The second-order valence-electron chi connectivity index (χ2n) is 2.42. The maximum absolute atomic E-state index is 9.87. The van der Waals surface area contributed by atoms with Gasteiger partial charge in [-0.3, -0.25) is 4.79 Å². The molecule has 0 unspecified atom stereocenters. The Morgan fingerprint density at radius 3 is 2.90 bits per heavy atom. The molecule has 1 aliphatic rings. The van der Waals surface area contributed by atoms with Crippen molar-refractivity contribution >= 4 is 6.29 Å². The van der Waals surface area contributed by atoms with Gasteiger partial charge in [0, 0.05) is 19.3 Å². The molecule has 1 rings (SSSR count). The highest BCUT2D eigenvalue weighted by Gasteiger charge is 2.16. The maximum Gasteiger partial charge on any atom is 0.144 e. The van der Waals surface area contributed by atoms with Gasteiger partial charge in [0.05, 0.1) is 6.10 Å². The van der Waals surface area contributed by atoms with Crippen LogP contribution in [-0.2, 0) is 4.79 Å². The second kappa shape index (κ2) is 3.37. The number of likely N-dealkylation sites (tertiary alicyclic amines) is 1. The van der Waals surface area contributed by atoms with E-state index in [0.29, 0.717) is 6.54 Å². The van der Waals surface area contributed by atoms with E-state index in [0.717, 1.165) is 19.3 Å². The molecule has 0 amide bonds. The molecule has 0 aromatic heterocycles. The number of carbonyl (C=O) groups excluding carboxylic acids is 1. The first-order valence-electron chi connectivity index (χ1n) is 3.37. The minimum atomic E-state index is -0.212. The Balaban J connectivity index is 2.30. The Morgan fingerprint density at radius 2 is 2.40 bits per heavy atom. The lowest BCUT2D eigenvalue weighted by Gasteiger charge is -2.09. The summed E-state index contributed by atoms with van der Waals surface area (Å²) in [6.07, 6.45) is 4.49. The summed E-state index contributed by atoms with van der Waals surface area (Å²) in [6, 6.07) is 0. The van der Waals surface area contributed by atoms with Crippen molar-refractivity contribution in [3.8, 4) is 0 Å². The predicted molar refractivity (Wildman–Crippen MR) is 37.4 cm³/mol. The fourth-order valence-corrected chi connectivity index (χ4v) is 1.06. The summed E-state index contributed by atoms with van der Waals surface area (Å²) < 4.78 is 0. The second-order valence-corrected chi connectivity index (χ2v) is 2.42. The van der Waals surface area contributed by atoms with Gasteiger partial charge in [-0.15, -0.1) is 0 Å². The molecule has 3 heteroatoms. The zero-order valence-electron chi connectivity index (χ0n) is 5.73. The molecule has 0 bridgehead atoms. The molecule has 0 saturated carbocycles. The number of carbonyl (C=O) groups is 1. The minimum Gasteiger partial charge on any atom is -0.391 e. The van der Waals surface area contributed by atoms with Gasteiger partial charge in [0.15, 0.2) is 0 Å². The SMILES string of the molecule is O=CC=CN1CC[C@H](O)C1.